The van der Waals surface area contributed by atoms with Gasteiger partial charge in [0, 0.05) is 32.0 Å². The number of aryl methyl sites for hydroxylation is 1. The fourth-order valence-electron chi connectivity index (χ4n) is 3.01. The molecule has 1 aromatic carbocycles. The molecule has 25 heavy (non-hydrogen) atoms. The molecule has 1 amide bonds. The molecule has 0 N–H and O–H groups in total. The number of carbonyl (C=O) groups is 1. The standard InChI is InChI=1S/C19H24N4OS/c1-4-5-7-14-8-6-9-15(12-14)23-11-10-22(2)17-16(18(23)24)13-20-19(21-17)25-3/h6,8-9,12-13H,4-5,7,10-11H2,1-3H3. The average Bonchev–Trinajstić information content (AvgIpc) is 2.77. The van der Waals surface area contributed by atoms with Crippen LogP contribution in [0.5, 0.6) is 0 Å². The number of thioether (sulfide) groups is 1. The number of rotatable bonds is 5. The van der Waals surface area contributed by atoms with Crippen LogP contribution in [0.1, 0.15) is 35.7 Å². The molecule has 0 bridgehead atoms. The quantitative estimate of drug-likeness (QED) is 0.605. The molecule has 1 aliphatic rings. The summed E-state index contributed by atoms with van der Waals surface area (Å²) < 4.78 is 0. The number of nitrogens with zero attached hydrogens (tertiary/aromatic N) is 4. The van der Waals surface area contributed by atoms with Gasteiger partial charge in [0.05, 0.1) is 0 Å². The lowest BCUT2D eigenvalue weighted by Gasteiger charge is -2.21. The Balaban J connectivity index is 1.94. The zero-order valence-corrected chi connectivity index (χ0v) is 15.8. The van der Waals surface area contributed by atoms with E-state index < -0.39 is 0 Å². The molecular formula is C19H24N4OS. The Morgan fingerprint density at radius 1 is 1.28 bits per heavy atom. The molecule has 0 saturated heterocycles. The SMILES string of the molecule is CCCCc1cccc(N2CCN(C)c3nc(SC)ncc3C2=O)c1. The number of unbranched alkanes of at least 4 members (excludes halogenated alkanes) is 1. The summed E-state index contributed by atoms with van der Waals surface area (Å²) in [6.07, 6.45) is 6.97. The third-order valence-electron chi connectivity index (χ3n) is 4.47. The fraction of sp³-hybridized carbons (Fsp3) is 0.421. The van der Waals surface area contributed by atoms with Crippen molar-refractivity contribution < 1.29 is 4.79 Å². The highest BCUT2D eigenvalue weighted by molar-refractivity contribution is 7.98. The summed E-state index contributed by atoms with van der Waals surface area (Å²) in [6.45, 7) is 3.57. The maximum absolute atomic E-state index is 13.1. The van der Waals surface area contributed by atoms with Crippen LogP contribution in [0, 0.1) is 0 Å². The van der Waals surface area contributed by atoms with E-state index in [4.69, 9.17) is 0 Å². The number of amides is 1. The van der Waals surface area contributed by atoms with E-state index in [1.165, 1.54) is 23.7 Å². The number of hydrogen-bond acceptors (Lipinski definition) is 5. The second kappa shape index (κ2) is 7.87. The molecule has 0 atom stereocenters. The van der Waals surface area contributed by atoms with Crippen LogP contribution in [-0.4, -0.2) is 42.3 Å². The van der Waals surface area contributed by atoms with Crippen LogP contribution in [0.25, 0.3) is 0 Å². The first-order chi connectivity index (χ1) is 12.1. The lowest BCUT2D eigenvalue weighted by molar-refractivity contribution is 0.0989. The number of fused-ring (bicyclic) bond motifs is 1. The predicted molar refractivity (Wildman–Crippen MR) is 104 cm³/mol. The molecule has 132 valence electrons. The number of benzene rings is 1. The number of carbonyl (C=O) groups excluding carboxylic acids is 1. The van der Waals surface area contributed by atoms with E-state index in [9.17, 15) is 4.79 Å². The van der Waals surface area contributed by atoms with E-state index in [1.807, 2.05) is 35.2 Å². The first-order valence-electron chi connectivity index (χ1n) is 8.67. The van der Waals surface area contributed by atoms with Gasteiger partial charge in [-0.15, -0.1) is 0 Å². The van der Waals surface area contributed by atoms with E-state index in [0.29, 0.717) is 23.1 Å². The van der Waals surface area contributed by atoms with Crippen molar-refractivity contribution in [2.24, 2.45) is 0 Å². The summed E-state index contributed by atoms with van der Waals surface area (Å²) >= 11 is 1.48. The van der Waals surface area contributed by atoms with Crippen LogP contribution in [0.4, 0.5) is 11.5 Å². The molecule has 0 fully saturated rings. The largest absolute Gasteiger partial charge is 0.357 e. The summed E-state index contributed by atoms with van der Waals surface area (Å²) in [5, 5.41) is 0.688. The number of anilines is 2. The zero-order valence-electron chi connectivity index (χ0n) is 15.0. The highest BCUT2D eigenvalue weighted by atomic mass is 32.2. The first kappa shape index (κ1) is 17.7. The van der Waals surface area contributed by atoms with Gasteiger partial charge in [0.15, 0.2) is 5.16 Å². The van der Waals surface area contributed by atoms with Crippen molar-refractivity contribution in [3.63, 3.8) is 0 Å². The Hall–Kier alpha value is -2.08. The summed E-state index contributed by atoms with van der Waals surface area (Å²) in [5.74, 6) is 0.689. The molecule has 2 heterocycles. The van der Waals surface area contributed by atoms with Gasteiger partial charge in [0.2, 0.25) is 0 Å². The molecule has 6 heteroatoms. The number of aromatic nitrogens is 2. The minimum Gasteiger partial charge on any atom is -0.357 e. The van der Waals surface area contributed by atoms with Crippen molar-refractivity contribution in [2.45, 2.75) is 31.3 Å². The Bertz CT molecular complexity index is 765. The zero-order chi connectivity index (χ0) is 17.8. The molecule has 3 rings (SSSR count). The molecule has 0 aliphatic carbocycles. The lowest BCUT2D eigenvalue weighted by Crippen LogP contribution is -2.33. The minimum atomic E-state index is -0.0281. The van der Waals surface area contributed by atoms with Crippen LogP contribution in [-0.2, 0) is 6.42 Å². The van der Waals surface area contributed by atoms with Gasteiger partial charge < -0.3 is 9.80 Å². The van der Waals surface area contributed by atoms with Crippen LogP contribution in [0.2, 0.25) is 0 Å². The number of likely N-dealkylation sites (N-methyl/N-ethyl adjacent to an activating group) is 1. The van der Waals surface area contributed by atoms with E-state index in [2.05, 4.69) is 29.0 Å². The van der Waals surface area contributed by atoms with Crippen molar-refractivity contribution >= 4 is 29.2 Å². The second-order valence-electron chi connectivity index (χ2n) is 6.25. The van der Waals surface area contributed by atoms with Gasteiger partial charge >= 0.3 is 0 Å². The van der Waals surface area contributed by atoms with Crippen molar-refractivity contribution in [1.29, 1.82) is 0 Å². The van der Waals surface area contributed by atoms with Crippen LogP contribution >= 0.6 is 11.8 Å². The van der Waals surface area contributed by atoms with Gasteiger partial charge in [-0.05, 0) is 36.8 Å². The Labute approximate surface area is 153 Å². The molecule has 0 unspecified atom stereocenters. The highest BCUT2D eigenvalue weighted by Crippen LogP contribution is 2.27. The van der Waals surface area contributed by atoms with Crippen molar-refractivity contribution in [2.75, 3.05) is 36.2 Å². The van der Waals surface area contributed by atoms with Gasteiger partial charge in [0.1, 0.15) is 11.4 Å². The lowest BCUT2D eigenvalue weighted by atomic mass is 10.1. The summed E-state index contributed by atoms with van der Waals surface area (Å²) in [5.41, 5.74) is 2.80. The Morgan fingerprint density at radius 2 is 2.12 bits per heavy atom. The van der Waals surface area contributed by atoms with Gasteiger partial charge in [-0.2, -0.15) is 0 Å². The van der Waals surface area contributed by atoms with E-state index in [1.54, 1.807) is 6.20 Å². The molecule has 0 radical (unpaired) electrons. The van der Waals surface area contributed by atoms with Crippen molar-refractivity contribution in [3.05, 3.63) is 41.6 Å². The second-order valence-corrected chi connectivity index (χ2v) is 7.02. The monoisotopic (exact) mass is 356 g/mol. The molecule has 1 aliphatic heterocycles. The molecule has 1 aromatic heterocycles. The summed E-state index contributed by atoms with van der Waals surface area (Å²) in [6, 6.07) is 8.32. The van der Waals surface area contributed by atoms with Crippen LogP contribution in [0.15, 0.2) is 35.6 Å². The fourth-order valence-corrected chi connectivity index (χ4v) is 3.34. The van der Waals surface area contributed by atoms with Gasteiger partial charge in [-0.3, -0.25) is 4.79 Å². The minimum absolute atomic E-state index is 0.0281. The Kier molecular flexibility index (Phi) is 5.58. The topological polar surface area (TPSA) is 49.3 Å². The Morgan fingerprint density at radius 3 is 2.88 bits per heavy atom. The molecule has 0 spiro atoms. The van der Waals surface area contributed by atoms with E-state index in [0.717, 1.165) is 25.1 Å². The summed E-state index contributed by atoms with van der Waals surface area (Å²) in [7, 11) is 1.98. The van der Waals surface area contributed by atoms with E-state index >= 15 is 0 Å². The normalized spacial score (nSPS) is 14.4. The van der Waals surface area contributed by atoms with Gasteiger partial charge in [0.25, 0.3) is 5.91 Å². The van der Waals surface area contributed by atoms with Crippen molar-refractivity contribution in [3.8, 4) is 0 Å². The summed E-state index contributed by atoms with van der Waals surface area (Å²) in [4.78, 5) is 25.8. The highest BCUT2D eigenvalue weighted by Gasteiger charge is 2.28. The van der Waals surface area contributed by atoms with Gasteiger partial charge in [-0.25, -0.2) is 9.97 Å². The number of hydrogen-bond donors (Lipinski definition) is 0. The van der Waals surface area contributed by atoms with E-state index in [-0.39, 0.29) is 5.91 Å². The average molecular weight is 356 g/mol. The maximum Gasteiger partial charge on any atom is 0.263 e. The first-order valence-corrected chi connectivity index (χ1v) is 9.89. The maximum atomic E-state index is 13.1. The third kappa shape index (κ3) is 3.79. The van der Waals surface area contributed by atoms with Crippen LogP contribution < -0.4 is 9.80 Å². The molecule has 5 nitrogen and oxygen atoms in total. The predicted octanol–water partition coefficient (Wildman–Crippen LogP) is 3.64. The smallest absolute Gasteiger partial charge is 0.263 e. The third-order valence-corrected chi connectivity index (χ3v) is 5.03. The molecule has 2 aromatic rings. The van der Waals surface area contributed by atoms with Crippen LogP contribution in [0.3, 0.4) is 0 Å². The van der Waals surface area contributed by atoms with Crippen molar-refractivity contribution in [1.82, 2.24) is 9.97 Å². The molecule has 0 saturated carbocycles. The molecular weight excluding hydrogens is 332 g/mol. The van der Waals surface area contributed by atoms with Gasteiger partial charge in [-0.1, -0.05) is 37.2 Å².